The largest absolute Gasteiger partial charge is 0.506 e. The summed E-state index contributed by atoms with van der Waals surface area (Å²) in [7, 11) is 1.45. The van der Waals surface area contributed by atoms with Gasteiger partial charge in [0.05, 0.1) is 16.9 Å². The molecule has 0 unspecified atom stereocenters. The van der Waals surface area contributed by atoms with Crippen molar-refractivity contribution in [3.8, 4) is 28.1 Å². The van der Waals surface area contributed by atoms with Gasteiger partial charge < -0.3 is 15.5 Å². The van der Waals surface area contributed by atoms with Crippen molar-refractivity contribution in [3.05, 3.63) is 100 Å². The predicted octanol–water partition coefficient (Wildman–Crippen LogP) is 3.77. The Balaban J connectivity index is 1.94. The quantitative estimate of drug-likeness (QED) is 0.405. The van der Waals surface area contributed by atoms with Crippen LogP contribution in [0, 0.1) is 0 Å². The lowest BCUT2D eigenvalue weighted by atomic mass is 9.95. The smallest absolute Gasteiger partial charge is 0.335 e. The van der Waals surface area contributed by atoms with Crippen LogP contribution >= 0.6 is 0 Å². The molecule has 3 N–H and O–H groups in total. The molecule has 0 radical (unpaired) electrons. The summed E-state index contributed by atoms with van der Waals surface area (Å²) in [5.41, 5.74) is 0.997. The van der Waals surface area contributed by atoms with E-state index in [-0.39, 0.29) is 22.6 Å². The van der Waals surface area contributed by atoms with Crippen molar-refractivity contribution >= 4 is 17.6 Å². The minimum atomic E-state index is -1.22. The second kappa shape index (κ2) is 8.80. The van der Waals surface area contributed by atoms with Crippen molar-refractivity contribution in [2.24, 2.45) is 7.05 Å². The van der Waals surface area contributed by atoms with Gasteiger partial charge in [-0.05, 0) is 23.8 Å². The number of aryl methyl sites for hydroxylation is 1. The van der Waals surface area contributed by atoms with Crippen LogP contribution in [0.5, 0.6) is 5.75 Å². The molecular weight excluding hydrogens is 422 g/mol. The van der Waals surface area contributed by atoms with E-state index < -0.39 is 17.4 Å². The zero-order chi connectivity index (χ0) is 23.5. The molecule has 0 saturated carbocycles. The fourth-order valence-electron chi connectivity index (χ4n) is 3.48. The van der Waals surface area contributed by atoms with E-state index >= 15 is 0 Å². The first kappa shape index (κ1) is 21.5. The molecule has 1 aromatic heterocycles. The molecule has 0 spiro atoms. The average molecular weight is 441 g/mol. The highest BCUT2D eigenvalue weighted by molar-refractivity contribution is 6.11. The summed E-state index contributed by atoms with van der Waals surface area (Å²) in [5.74, 6) is -2.35. The predicted molar refractivity (Wildman–Crippen MR) is 123 cm³/mol. The van der Waals surface area contributed by atoms with Crippen molar-refractivity contribution in [3.63, 3.8) is 0 Å². The highest BCUT2D eigenvalue weighted by atomic mass is 16.4. The number of hydrogen-bond acceptors (Lipinski definition) is 5. The van der Waals surface area contributed by atoms with E-state index in [9.17, 15) is 24.6 Å². The van der Waals surface area contributed by atoms with Gasteiger partial charge in [0, 0.05) is 18.2 Å². The maximum absolute atomic E-state index is 13.4. The highest BCUT2D eigenvalue weighted by Crippen LogP contribution is 2.33. The molecular formula is C25H19N3O5. The van der Waals surface area contributed by atoms with E-state index in [0.717, 1.165) is 16.8 Å². The number of benzene rings is 3. The summed E-state index contributed by atoms with van der Waals surface area (Å²) in [6, 6.07) is 21.6. The number of carboxylic acid groups (broad SMARTS) is 1. The Morgan fingerprint density at radius 2 is 1.52 bits per heavy atom. The standard InChI is InChI=1S/C25H19N3O5/c1-28-24(31)21(23(30)26-18-14-17(25(32)33)12-13-19(18)29)20(15-8-4-2-5-9-15)22(27-28)16-10-6-3-7-11-16/h2-14,29H,1H3,(H,26,30)(H,32,33). The zero-order valence-electron chi connectivity index (χ0n) is 17.5. The van der Waals surface area contributed by atoms with Crippen LogP contribution < -0.4 is 10.9 Å². The summed E-state index contributed by atoms with van der Waals surface area (Å²) in [5, 5.41) is 26.3. The number of rotatable bonds is 5. The zero-order valence-corrected chi connectivity index (χ0v) is 17.5. The van der Waals surface area contributed by atoms with E-state index in [4.69, 9.17) is 0 Å². The number of nitrogens with zero attached hydrogens (tertiary/aromatic N) is 2. The molecule has 4 aromatic rings. The maximum Gasteiger partial charge on any atom is 0.335 e. The van der Waals surface area contributed by atoms with Crippen LogP contribution in [0.15, 0.2) is 83.7 Å². The lowest BCUT2D eigenvalue weighted by Crippen LogP contribution is -2.31. The molecule has 4 rings (SSSR count). The second-order valence-corrected chi connectivity index (χ2v) is 7.25. The molecule has 0 aliphatic heterocycles. The van der Waals surface area contributed by atoms with Gasteiger partial charge in [-0.15, -0.1) is 0 Å². The van der Waals surface area contributed by atoms with Crippen LogP contribution in [0.2, 0.25) is 0 Å². The van der Waals surface area contributed by atoms with Gasteiger partial charge in [0.25, 0.3) is 11.5 Å². The molecule has 164 valence electrons. The third-order valence-corrected chi connectivity index (χ3v) is 5.07. The van der Waals surface area contributed by atoms with Crippen LogP contribution in [0.25, 0.3) is 22.4 Å². The fourth-order valence-corrected chi connectivity index (χ4v) is 3.48. The topological polar surface area (TPSA) is 122 Å². The molecule has 1 amide bonds. The molecule has 0 saturated heterocycles. The van der Waals surface area contributed by atoms with Gasteiger partial charge in [0.1, 0.15) is 11.3 Å². The number of carbonyl (C=O) groups excluding carboxylic acids is 1. The molecule has 0 atom stereocenters. The monoisotopic (exact) mass is 441 g/mol. The first-order valence-corrected chi connectivity index (χ1v) is 9.96. The summed E-state index contributed by atoms with van der Waals surface area (Å²) in [6.45, 7) is 0. The Kier molecular flexibility index (Phi) is 5.73. The molecule has 0 bridgehead atoms. The lowest BCUT2D eigenvalue weighted by molar-refractivity contribution is 0.0696. The Labute approximate surface area is 188 Å². The lowest BCUT2D eigenvalue weighted by Gasteiger charge is -2.16. The van der Waals surface area contributed by atoms with E-state index in [0.29, 0.717) is 22.4 Å². The number of phenolic OH excluding ortho intramolecular Hbond substituents is 1. The van der Waals surface area contributed by atoms with Crippen LogP contribution in [0.3, 0.4) is 0 Å². The summed E-state index contributed by atoms with van der Waals surface area (Å²) >= 11 is 0. The summed E-state index contributed by atoms with van der Waals surface area (Å²) in [4.78, 5) is 37.8. The van der Waals surface area contributed by atoms with E-state index in [1.54, 1.807) is 24.3 Å². The molecule has 0 aliphatic rings. The SMILES string of the molecule is Cn1nc(-c2ccccc2)c(-c2ccccc2)c(C(=O)Nc2cc(C(=O)O)ccc2O)c1=O. The van der Waals surface area contributed by atoms with Crippen molar-refractivity contribution in [1.82, 2.24) is 9.78 Å². The minimum Gasteiger partial charge on any atom is -0.506 e. The molecule has 1 heterocycles. The Morgan fingerprint density at radius 3 is 2.12 bits per heavy atom. The number of phenols is 1. The van der Waals surface area contributed by atoms with Crippen molar-refractivity contribution in [2.75, 3.05) is 5.32 Å². The third kappa shape index (κ3) is 4.22. The van der Waals surface area contributed by atoms with Crippen molar-refractivity contribution < 1.29 is 19.8 Å². The summed E-state index contributed by atoms with van der Waals surface area (Å²) < 4.78 is 1.08. The molecule has 0 fully saturated rings. The van der Waals surface area contributed by atoms with Crippen molar-refractivity contribution in [1.29, 1.82) is 0 Å². The molecule has 3 aromatic carbocycles. The number of carboxylic acids is 1. The number of aromatic carboxylic acids is 1. The first-order valence-electron chi connectivity index (χ1n) is 9.96. The van der Waals surface area contributed by atoms with Crippen LogP contribution in [0.1, 0.15) is 20.7 Å². The van der Waals surface area contributed by atoms with E-state index in [1.807, 2.05) is 36.4 Å². The van der Waals surface area contributed by atoms with Gasteiger partial charge in [-0.2, -0.15) is 5.10 Å². The van der Waals surface area contributed by atoms with Gasteiger partial charge in [-0.1, -0.05) is 60.7 Å². The van der Waals surface area contributed by atoms with E-state index in [2.05, 4.69) is 10.4 Å². The molecule has 8 nitrogen and oxygen atoms in total. The third-order valence-electron chi connectivity index (χ3n) is 5.07. The molecule has 8 heteroatoms. The number of anilines is 1. The van der Waals surface area contributed by atoms with Gasteiger partial charge in [0.15, 0.2) is 0 Å². The normalized spacial score (nSPS) is 10.6. The van der Waals surface area contributed by atoms with Gasteiger partial charge >= 0.3 is 5.97 Å². The number of carbonyl (C=O) groups is 2. The van der Waals surface area contributed by atoms with Crippen LogP contribution in [-0.4, -0.2) is 31.9 Å². The van der Waals surface area contributed by atoms with Gasteiger partial charge in [-0.25, -0.2) is 9.48 Å². The van der Waals surface area contributed by atoms with Crippen LogP contribution in [0.4, 0.5) is 5.69 Å². The van der Waals surface area contributed by atoms with Crippen molar-refractivity contribution in [2.45, 2.75) is 0 Å². The highest BCUT2D eigenvalue weighted by Gasteiger charge is 2.25. The van der Waals surface area contributed by atoms with E-state index in [1.165, 1.54) is 13.1 Å². The average Bonchev–Trinajstić information content (AvgIpc) is 2.82. The Hall–Kier alpha value is -4.72. The molecule has 0 aliphatic carbocycles. The molecule has 33 heavy (non-hydrogen) atoms. The number of aromatic nitrogens is 2. The number of amides is 1. The Bertz CT molecular complexity index is 1410. The Morgan fingerprint density at radius 1 is 0.909 bits per heavy atom. The van der Waals surface area contributed by atoms with Crippen LogP contribution in [-0.2, 0) is 7.05 Å². The maximum atomic E-state index is 13.4. The second-order valence-electron chi connectivity index (χ2n) is 7.25. The fraction of sp³-hybridized carbons (Fsp3) is 0.0400. The summed E-state index contributed by atoms with van der Waals surface area (Å²) in [6.07, 6.45) is 0. The number of aromatic hydroxyl groups is 1. The first-order chi connectivity index (χ1) is 15.9. The number of nitrogens with one attached hydrogen (secondary N) is 1. The van der Waals surface area contributed by atoms with Gasteiger partial charge in [-0.3, -0.25) is 9.59 Å². The minimum absolute atomic E-state index is 0.126. The number of hydrogen-bond donors (Lipinski definition) is 3. The van der Waals surface area contributed by atoms with Gasteiger partial charge in [0.2, 0.25) is 0 Å².